The minimum atomic E-state index is -0.494. The monoisotopic (exact) mass is 308 g/mol. The molecule has 2 heterocycles. The highest BCUT2D eigenvalue weighted by molar-refractivity contribution is 5.16. The molecule has 0 spiro atoms. The van der Waals surface area contributed by atoms with E-state index in [1.165, 1.54) is 11.3 Å². The number of hydrogen-bond acceptors (Lipinski definition) is 3. The fourth-order valence-corrected chi connectivity index (χ4v) is 3.43. The van der Waals surface area contributed by atoms with E-state index in [0.717, 1.165) is 50.2 Å². The van der Waals surface area contributed by atoms with Crippen molar-refractivity contribution in [1.29, 1.82) is 0 Å². The van der Waals surface area contributed by atoms with E-state index in [9.17, 15) is 0 Å². The Morgan fingerprint density at radius 1 is 1.05 bits per heavy atom. The Bertz CT molecular complexity index is 461. The van der Waals surface area contributed by atoms with E-state index in [2.05, 4.69) is 41.5 Å². The maximum atomic E-state index is 6.19. The summed E-state index contributed by atoms with van der Waals surface area (Å²) in [5.74, 6) is 3.70. The van der Waals surface area contributed by atoms with Crippen molar-refractivity contribution in [1.82, 2.24) is 0 Å². The molecule has 0 aliphatic carbocycles. The molecule has 2 aliphatic heterocycles. The van der Waals surface area contributed by atoms with Gasteiger partial charge in [-0.2, -0.15) is 0 Å². The SMILES string of the molecule is CCC1=C(C(C)C)OC(C)(CCC(C)C2=C(CC)OCC2)O1. The molecule has 0 aromatic heterocycles. The Kier molecular flexibility index (Phi) is 5.46. The number of rotatable bonds is 7. The van der Waals surface area contributed by atoms with Crippen LogP contribution in [0, 0.1) is 11.8 Å². The van der Waals surface area contributed by atoms with Crippen LogP contribution in [-0.4, -0.2) is 12.4 Å². The zero-order valence-electron chi connectivity index (χ0n) is 15.1. The molecule has 2 rings (SSSR count). The highest BCUT2D eigenvalue weighted by atomic mass is 16.7. The lowest BCUT2D eigenvalue weighted by Gasteiger charge is -2.27. The molecule has 2 unspecified atom stereocenters. The molecule has 3 nitrogen and oxygen atoms in total. The van der Waals surface area contributed by atoms with Crippen molar-refractivity contribution >= 4 is 0 Å². The first-order valence-electron chi connectivity index (χ1n) is 8.86. The van der Waals surface area contributed by atoms with Gasteiger partial charge in [0.25, 0.3) is 0 Å². The fraction of sp³-hybridized carbons (Fsp3) is 0.789. The molecule has 0 fully saturated rings. The van der Waals surface area contributed by atoms with Crippen LogP contribution in [0.15, 0.2) is 22.9 Å². The van der Waals surface area contributed by atoms with Gasteiger partial charge in [0.2, 0.25) is 5.79 Å². The third-order valence-corrected chi connectivity index (χ3v) is 4.74. The Hall–Kier alpha value is -1.12. The van der Waals surface area contributed by atoms with Gasteiger partial charge in [-0.05, 0) is 17.9 Å². The zero-order chi connectivity index (χ0) is 16.3. The number of ether oxygens (including phenoxy) is 3. The third-order valence-electron chi connectivity index (χ3n) is 4.74. The van der Waals surface area contributed by atoms with Crippen LogP contribution in [0.4, 0.5) is 0 Å². The van der Waals surface area contributed by atoms with Crippen LogP contribution >= 0.6 is 0 Å². The van der Waals surface area contributed by atoms with Gasteiger partial charge in [0.1, 0.15) is 11.5 Å². The Labute approximate surface area is 135 Å². The molecule has 0 amide bonds. The van der Waals surface area contributed by atoms with Crippen LogP contribution in [0.1, 0.15) is 73.6 Å². The van der Waals surface area contributed by atoms with Gasteiger partial charge >= 0.3 is 0 Å². The van der Waals surface area contributed by atoms with E-state index in [4.69, 9.17) is 14.2 Å². The van der Waals surface area contributed by atoms with Gasteiger partial charge in [0.05, 0.1) is 12.4 Å². The second kappa shape index (κ2) is 6.97. The Morgan fingerprint density at radius 3 is 2.27 bits per heavy atom. The maximum absolute atomic E-state index is 6.19. The van der Waals surface area contributed by atoms with Crippen LogP contribution in [0.2, 0.25) is 0 Å². The van der Waals surface area contributed by atoms with E-state index in [1.807, 2.05) is 0 Å². The van der Waals surface area contributed by atoms with E-state index < -0.39 is 5.79 Å². The molecule has 22 heavy (non-hydrogen) atoms. The highest BCUT2D eigenvalue weighted by Gasteiger charge is 2.39. The summed E-state index contributed by atoms with van der Waals surface area (Å²) < 4.78 is 18.1. The average molecular weight is 308 g/mol. The Balaban J connectivity index is 1.95. The van der Waals surface area contributed by atoms with Gasteiger partial charge < -0.3 is 14.2 Å². The Morgan fingerprint density at radius 2 is 1.73 bits per heavy atom. The summed E-state index contributed by atoms with van der Waals surface area (Å²) >= 11 is 0. The fourth-order valence-electron chi connectivity index (χ4n) is 3.43. The van der Waals surface area contributed by atoms with Gasteiger partial charge in [-0.15, -0.1) is 0 Å². The first kappa shape index (κ1) is 17.2. The molecule has 0 aromatic rings. The molecule has 0 saturated carbocycles. The molecular weight excluding hydrogens is 276 g/mol. The maximum Gasteiger partial charge on any atom is 0.247 e. The van der Waals surface area contributed by atoms with Gasteiger partial charge in [-0.1, -0.05) is 34.6 Å². The smallest absolute Gasteiger partial charge is 0.247 e. The quantitative estimate of drug-likeness (QED) is 0.619. The highest BCUT2D eigenvalue weighted by Crippen LogP contribution is 2.40. The second-order valence-corrected chi connectivity index (χ2v) is 6.97. The van der Waals surface area contributed by atoms with Crippen molar-refractivity contribution in [2.45, 2.75) is 79.4 Å². The summed E-state index contributed by atoms with van der Waals surface area (Å²) in [6, 6.07) is 0. The number of hydrogen-bond donors (Lipinski definition) is 0. The summed E-state index contributed by atoms with van der Waals surface area (Å²) in [7, 11) is 0. The van der Waals surface area contributed by atoms with Crippen LogP contribution in [0.25, 0.3) is 0 Å². The van der Waals surface area contributed by atoms with Crippen molar-refractivity contribution in [3.8, 4) is 0 Å². The summed E-state index contributed by atoms with van der Waals surface area (Å²) in [4.78, 5) is 0. The number of allylic oxidation sites excluding steroid dienone is 3. The molecule has 126 valence electrons. The lowest BCUT2D eigenvalue weighted by atomic mass is 9.91. The van der Waals surface area contributed by atoms with Crippen LogP contribution < -0.4 is 0 Å². The first-order valence-corrected chi connectivity index (χ1v) is 8.86. The zero-order valence-corrected chi connectivity index (χ0v) is 15.1. The van der Waals surface area contributed by atoms with Crippen LogP contribution in [0.3, 0.4) is 0 Å². The standard InChI is InChI=1S/C19H32O3/c1-7-16-15(10-12-20-16)14(5)9-11-19(6)21-17(8-2)18(22-19)13(3)4/h13-14H,7-12H2,1-6H3. The second-order valence-electron chi connectivity index (χ2n) is 6.97. The lowest BCUT2D eigenvalue weighted by Crippen LogP contribution is -2.27. The first-order chi connectivity index (χ1) is 10.4. The van der Waals surface area contributed by atoms with E-state index in [-0.39, 0.29) is 0 Å². The third kappa shape index (κ3) is 3.61. The minimum Gasteiger partial charge on any atom is -0.498 e. The van der Waals surface area contributed by atoms with Gasteiger partial charge in [-0.3, -0.25) is 0 Å². The van der Waals surface area contributed by atoms with Crippen molar-refractivity contribution in [2.24, 2.45) is 11.8 Å². The lowest BCUT2D eigenvalue weighted by molar-refractivity contribution is -0.149. The molecule has 3 heteroatoms. The molecule has 2 atom stereocenters. The summed E-state index contributed by atoms with van der Waals surface area (Å²) in [5, 5.41) is 0. The van der Waals surface area contributed by atoms with Crippen LogP contribution in [-0.2, 0) is 14.2 Å². The average Bonchev–Trinajstić information content (AvgIpc) is 3.09. The van der Waals surface area contributed by atoms with Crippen molar-refractivity contribution in [3.05, 3.63) is 22.9 Å². The summed E-state index contributed by atoms with van der Waals surface area (Å²) in [5.41, 5.74) is 1.50. The molecule has 0 radical (unpaired) electrons. The summed E-state index contributed by atoms with van der Waals surface area (Å²) in [6.07, 6.45) is 4.97. The van der Waals surface area contributed by atoms with Gasteiger partial charge in [0, 0.05) is 38.5 Å². The van der Waals surface area contributed by atoms with Gasteiger partial charge in [-0.25, -0.2) is 0 Å². The van der Waals surface area contributed by atoms with E-state index in [0.29, 0.717) is 11.8 Å². The normalized spacial score (nSPS) is 26.3. The van der Waals surface area contributed by atoms with Crippen molar-refractivity contribution in [3.63, 3.8) is 0 Å². The molecule has 0 saturated heterocycles. The summed E-state index contributed by atoms with van der Waals surface area (Å²) in [6.45, 7) is 13.9. The van der Waals surface area contributed by atoms with Crippen molar-refractivity contribution in [2.75, 3.05) is 6.61 Å². The minimum absolute atomic E-state index is 0.381. The predicted molar refractivity (Wildman–Crippen MR) is 89.0 cm³/mol. The molecule has 2 aliphatic rings. The topological polar surface area (TPSA) is 27.7 Å². The van der Waals surface area contributed by atoms with Gasteiger partial charge in [0.15, 0.2) is 0 Å². The van der Waals surface area contributed by atoms with E-state index in [1.54, 1.807) is 0 Å². The molecule has 0 aromatic carbocycles. The molecule has 0 N–H and O–H groups in total. The van der Waals surface area contributed by atoms with Crippen molar-refractivity contribution < 1.29 is 14.2 Å². The largest absolute Gasteiger partial charge is 0.498 e. The molecule has 0 bridgehead atoms. The van der Waals surface area contributed by atoms with Crippen LogP contribution in [0.5, 0.6) is 0 Å². The van der Waals surface area contributed by atoms with E-state index >= 15 is 0 Å². The molecular formula is C19H32O3. The predicted octanol–water partition coefficient (Wildman–Crippen LogP) is 5.53.